The van der Waals surface area contributed by atoms with Crippen LogP contribution in [0.2, 0.25) is 0 Å². The topological polar surface area (TPSA) is 123 Å². The Labute approximate surface area is 173 Å². The van der Waals surface area contributed by atoms with Gasteiger partial charge in [0.25, 0.3) is 0 Å². The molecule has 0 saturated heterocycles. The maximum atomic E-state index is 11.8. The van der Waals surface area contributed by atoms with Crippen molar-refractivity contribution in [3.8, 4) is 17.2 Å². The maximum absolute atomic E-state index is 11.8. The first-order chi connectivity index (χ1) is 14.4. The highest BCUT2D eigenvalue weighted by Gasteiger charge is 2.14. The van der Waals surface area contributed by atoms with E-state index < -0.39 is 24.6 Å². The summed E-state index contributed by atoms with van der Waals surface area (Å²) in [4.78, 5) is 23.7. The van der Waals surface area contributed by atoms with Crippen molar-refractivity contribution in [2.24, 2.45) is 0 Å². The van der Waals surface area contributed by atoms with E-state index in [0.717, 1.165) is 12.2 Å². The minimum Gasteiger partial charge on any atom is -0.508 e. The predicted molar refractivity (Wildman–Crippen MR) is 109 cm³/mol. The Morgan fingerprint density at radius 1 is 0.967 bits per heavy atom. The highest BCUT2D eigenvalue weighted by Crippen LogP contribution is 2.26. The van der Waals surface area contributed by atoms with Crippen molar-refractivity contribution in [2.75, 3.05) is 20.3 Å². The van der Waals surface area contributed by atoms with Crippen molar-refractivity contribution >= 4 is 24.1 Å². The Kier molecular flexibility index (Phi) is 8.46. The summed E-state index contributed by atoms with van der Waals surface area (Å²) < 4.78 is 15.0. The fourth-order valence-corrected chi connectivity index (χ4v) is 2.26. The van der Waals surface area contributed by atoms with Crippen LogP contribution in [0.25, 0.3) is 12.2 Å². The minimum atomic E-state index is -1.02. The van der Waals surface area contributed by atoms with Gasteiger partial charge in [-0.3, -0.25) is 0 Å². The van der Waals surface area contributed by atoms with E-state index in [1.165, 1.54) is 43.5 Å². The van der Waals surface area contributed by atoms with E-state index in [0.29, 0.717) is 11.1 Å². The molecule has 0 amide bonds. The largest absolute Gasteiger partial charge is 0.508 e. The second-order valence-corrected chi connectivity index (χ2v) is 6.06. The van der Waals surface area contributed by atoms with Gasteiger partial charge in [0.1, 0.15) is 12.4 Å². The van der Waals surface area contributed by atoms with Gasteiger partial charge >= 0.3 is 11.9 Å². The number of aliphatic hydroxyl groups excluding tert-OH is 1. The van der Waals surface area contributed by atoms with Gasteiger partial charge in [-0.1, -0.05) is 18.2 Å². The summed E-state index contributed by atoms with van der Waals surface area (Å²) in [6.07, 6.45) is 4.25. The third-order valence-electron chi connectivity index (χ3n) is 3.82. The first-order valence-corrected chi connectivity index (χ1v) is 8.91. The maximum Gasteiger partial charge on any atom is 0.331 e. The first-order valence-electron chi connectivity index (χ1n) is 8.91. The van der Waals surface area contributed by atoms with Crippen molar-refractivity contribution in [3.05, 3.63) is 65.7 Å². The lowest BCUT2D eigenvalue weighted by molar-refractivity contribution is -0.154. The molecule has 2 aromatic carbocycles. The predicted octanol–water partition coefficient (Wildman–Crippen LogP) is 2.28. The van der Waals surface area contributed by atoms with Crippen molar-refractivity contribution in [1.29, 1.82) is 0 Å². The molecule has 0 fully saturated rings. The highest BCUT2D eigenvalue weighted by atomic mass is 16.6. The number of aromatic hydroxyl groups is 2. The average Bonchev–Trinajstić information content (AvgIpc) is 2.75. The summed E-state index contributed by atoms with van der Waals surface area (Å²) in [5, 5.41) is 28.1. The van der Waals surface area contributed by atoms with Crippen LogP contribution in [0.15, 0.2) is 54.6 Å². The highest BCUT2D eigenvalue weighted by molar-refractivity contribution is 5.88. The molecular formula is C22H22O8. The molecule has 0 aliphatic carbocycles. The van der Waals surface area contributed by atoms with Crippen LogP contribution < -0.4 is 4.74 Å². The molecule has 0 aliphatic heterocycles. The summed E-state index contributed by atoms with van der Waals surface area (Å²) in [6.45, 7) is -0.845. The van der Waals surface area contributed by atoms with Crippen LogP contribution in [0.3, 0.4) is 0 Å². The molecule has 8 nitrogen and oxygen atoms in total. The number of carbonyl (C=O) groups excluding carboxylic acids is 2. The van der Waals surface area contributed by atoms with E-state index in [-0.39, 0.29) is 23.9 Å². The van der Waals surface area contributed by atoms with Crippen LogP contribution in [0.4, 0.5) is 0 Å². The van der Waals surface area contributed by atoms with Gasteiger partial charge in [-0.15, -0.1) is 0 Å². The molecule has 1 atom stereocenters. The smallest absolute Gasteiger partial charge is 0.331 e. The Hall–Kier alpha value is -3.78. The molecule has 1 unspecified atom stereocenters. The standard InChI is InChI=1S/C22H22O8/c1-28-20-12-16(4-9-19(20)25)6-10-21(26)29-14-18(13-23)30-22(27)11-5-15-2-7-17(24)8-3-15/h2-12,18,23-25H,13-14H2,1H3. The van der Waals surface area contributed by atoms with E-state index in [4.69, 9.17) is 14.2 Å². The van der Waals surface area contributed by atoms with Crippen LogP contribution in [-0.2, 0) is 19.1 Å². The van der Waals surface area contributed by atoms with E-state index in [1.54, 1.807) is 18.2 Å². The Balaban J connectivity index is 1.83. The first kappa shape index (κ1) is 22.5. The molecule has 0 saturated carbocycles. The summed E-state index contributed by atoms with van der Waals surface area (Å²) in [5.41, 5.74) is 1.28. The van der Waals surface area contributed by atoms with Crippen molar-refractivity contribution in [1.82, 2.24) is 0 Å². The van der Waals surface area contributed by atoms with Gasteiger partial charge < -0.3 is 29.5 Å². The lowest BCUT2D eigenvalue weighted by Crippen LogP contribution is -2.27. The van der Waals surface area contributed by atoms with Gasteiger partial charge in [0.05, 0.1) is 13.7 Å². The van der Waals surface area contributed by atoms with Crippen molar-refractivity contribution < 1.29 is 39.1 Å². The van der Waals surface area contributed by atoms with Gasteiger partial charge in [0.15, 0.2) is 17.6 Å². The zero-order chi connectivity index (χ0) is 21.9. The van der Waals surface area contributed by atoms with Crippen LogP contribution in [0.5, 0.6) is 17.2 Å². The number of aliphatic hydroxyl groups is 1. The van der Waals surface area contributed by atoms with Crippen LogP contribution >= 0.6 is 0 Å². The molecule has 0 radical (unpaired) electrons. The number of benzene rings is 2. The summed E-state index contributed by atoms with van der Waals surface area (Å²) in [5.74, 6) is -1.07. The number of ether oxygens (including phenoxy) is 3. The molecular weight excluding hydrogens is 392 g/mol. The van der Waals surface area contributed by atoms with Gasteiger partial charge in [-0.05, 0) is 47.5 Å². The monoisotopic (exact) mass is 414 g/mol. The third kappa shape index (κ3) is 7.33. The van der Waals surface area contributed by atoms with Crippen LogP contribution in [0.1, 0.15) is 11.1 Å². The molecule has 0 heterocycles. The van der Waals surface area contributed by atoms with Gasteiger partial charge in [-0.25, -0.2) is 9.59 Å². The molecule has 0 aromatic heterocycles. The fourth-order valence-electron chi connectivity index (χ4n) is 2.26. The molecule has 0 bridgehead atoms. The summed E-state index contributed by atoms with van der Waals surface area (Å²) >= 11 is 0. The molecule has 0 spiro atoms. The molecule has 3 N–H and O–H groups in total. The van der Waals surface area contributed by atoms with Gasteiger partial charge in [0, 0.05) is 12.2 Å². The summed E-state index contributed by atoms with van der Waals surface area (Å²) in [6, 6.07) is 10.7. The van der Waals surface area contributed by atoms with Crippen molar-refractivity contribution in [2.45, 2.75) is 6.10 Å². The third-order valence-corrected chi connectivity index (χ3v) is 3.82. The average molecular weight is 414 g/mol. The molecule has 158 valence electrons. The normalized spacial score (nSPS) is 12.1. The lowest BCUT2D eigenvalue weighted by Gasteiger charge is -2.13. The molecule has 0 aliphatic rings. The number of esters is 2. The quantitative estimate of drug-likeness (QED) is 0.422. The Morgan fingerprint density at radius 2 is 1.60 bits per heavy atom. The zero-order valence-corrected chi connectivity index (χ0v) is 16.2. The van der Waals surface area contributed by atoms with E-state index in [2.05, 4.69) is 0 Å². The number of carbonyl (C=O) groups is 2. The lowest BCUT2D eigenvalue weighted by atomic mass is 10.2. The number of phenols is 2. The van der Waals surface area contributed by atoms with Crippen LogP contribution in [0, 0.1) is 0 Å². The second kappa shape index (κ2) is 11.3. The fraction of sp³-hybridized carbons (Fsp3) is 0.182. The van der Waals surface area contributed by atoms with Crippen molar-refractivity contribution in [3.63, 3.8) is 0 Å². The summed E-state index contributed by atoms with van der Waals surface area (Å²) in [7, 11) is 1.41. The Bertz CT molecular complexity index is 915. The molecule has 8 heteroatoms. The number of hydrogen-bond acceptors (Lipinski definition) is 8. The molecule has 2 aromatic rings. The van der Waals surface area contributed by atoms with Gasteiger partial charge in [0.2, 0.25) is 0 Å². The number of hydrogen-bond donors (Lipinski definition) is 3. The van der Waals surface area contributed by atoms with Gasteiger partial charge in [-0.2, -0.15) is 0 Å². The molecule has 2 rings (SSSR count). The SMILES string of the molecule is COc1cc(C=CC(=O)OCC(CO)OC(=O)C=Cc2ccc(O)cc2)ccc1O. The molecule has 30 heavy (non-hydrogen) atoms. The van der Waals surface area contributed by atoms with E-state index in [9.17, 15) is 24.9 Å². The Morgan fingerprint density at radius 3 is 2.27 bits per heavy atom. The number of rotatable bonds is 9. The zero-order valence-electron chi connectivity index (χ0n) is 16.2. The van der Waals surface area contributed by atoms with Crippen LogP contribution in [-0.4, -0.2) is 53.7 Å². The second-order valence-electron chi connectivity index (χ2n) is 6.06. The van der Waals surface area contributed by atoms with E-state index in [1.807, 2.05) is 0 Å². The number of methoxy groups -OCH3 is 1. The number of phenolic OH excluding ortho intramolecular Hbond substituents is 2. The van der Waals surface area contributed by atoms with E-state index >= 15 is 0 Å². The minimum absolute atomic E-state index is 0.0238.